The van der Waals surface area contributed by atoms with Crippen LogP contribution in [-0.2, 0) is 0 Å². The number of pyridine rings is 1. The molecule has 5 heteroatoms. The molecule has 1 amide bonds. The lowest BCUT2D eigenvalue weighted by Crippen LogP contribution is -2.40. The van der Waals surface area contributed by atoms with Crippen molar-refractivity contribution in [1.29, 1.82) is 0 Å². The lowest BCUT2D eigenvalue weighted by molar-refractivity contribution is 0.0951. The van der Waals surface area contributed by atoms with Gasteiger partial charge in [0.1, 0.15) is 5.69 Å². The Labute approximate surface area is 127 Å². The van der Waals surface area contributed by atoms with E-state index in [4.69, 9.17) is 0 Å². The van der Waals surface area contributed by atoms with Crippen molar-refractivity contribution < 1.29 is 4.79 Å². The Kier molecular flexibility index (Phi) is 5.56. The van der Waals surface area contributed by atoms with Gasteiger partial charge in [-0.3, -0.25) is 9.78 Å². The van der Waals surface area contributed by atoms with Crippen LogP contribution in [0.15, 0.2) is 18.3 Å². The summed E-state index contributed by atoms with van der Waals surface area (Å²) in [5, 5.41) is 6.15. The van der Waals surface area contributed by atoms with Crippen molar-refractivity contribution in [2.45, 2.75) is 44.7 Å². The van der Waals surface area contributed by atoms with E-state index in [0.717, 1.165) is 5.69 Å². The second kappa shape index (κ2) is 7.41. The van der Waals surface area contributed by atoms with E-state index in [9.17, 15) is 4.79 Å². The molecule has 2 rings (SSSR count). The zero-order valence-corrected chi connectivity index (χ0v) is 13.2. The first-order valence-electron chi connectivity index (χ1n) is 7.80. The highest BCUT2D eigenvalue weighted by Crippen LogP contribution is 2.26. The van der Waals surface area contributed by atoms with Gasteiger partial charge in [0.25, 0.3) is 5.91 Å². The quantitative estimate of drug-likeness (QED) is 0.868. The maximum absolute atomic E-state index is 11.9. The van der Waals surface area contributed by atoms with Crippen LogP contribution >= 0.6 is 0 Å². The fraction of sp³-hybridized carbons (Fsp3) is 0.625. The Balaban J connectivity index is 2.04. The highest BCUT2D eigenvalue weighted by Gasteiger charge is 2.23. The van der Waals surface area contributed by atoms with E-state index in [0.29, 0.717) is 24.3 Å². The Morgan fingerprint density at radius 1 is 1.38 bits per heavy atom. The van der Waals surface area contributed by atoms with Crippen molar-refractivity contribution in [2.75, 3.05) is 25.5 Å². The minimum Gasteiger partial charge on any atom is -0.372 e. The van der Waals surface area contributed by atoms with Gasteiger partial charge in [0.15, 0.2) is 0 Å². The predicted octanol–water partition coefficient (Wildman–Crippen LogP) is 1.80. The van der Waals surface area contributed by atoms with Gasteiger partial charge in [-0.05, 0) is 51.8 Å². The normalized spacial score (nSPS) is 21.9. The van der Waals surface area contributed by atoms with Gasteiger partial charge in [0.05, 0.1) is 0 Å². The number of rotatable bonds is 5. The molecule has 0 unspecified atom stereocenters. The Morgan fingerprint density at radius 2 is 2.10 bits per heavy atom. The van der Waals surface area contributed by atoms with E-state index in [1.807, 2.05) is 26.1 Å². The van der Waals surface area contributed by atoms with Crippen LogP contribution in [0.2, 0.25) is 0 Å². The molecule has 0 atom stereocenters. The molecule has 0 bridgehead atoms. The molecule has 1 aromatic heterocycles. The molecule has 0 saturated heterocycles. The minimum absolute atomic E-state index is 0.105. The average molecular weight is 290 g/mol. The SMILES string of the molecule is CCNC(=O)c1cc(N(C)C2CCC(NC)CC2)ccn1. The third-order valence-electron chi connectivity index (χ3n) is 4.37. The average Bonchev–Trinajstić information content (AvgIpc) is 2.54. The number of anilines is 1. The van der Waals surface area contributed by atoms with Gasteiger partial charge in [-0.2, -0.15) is 0 Å². The smallest absolute Gasteiger partial charge is 0.269 e. The van der Waals surface area contributed by atoms with E-state index < -0.39 is 0 Å². The van der Waals surface area contributed by atoms with E-state index >= 15 is 0 Å². The predicted molar refractivity (Wildman–Crippen MR) is 85.8 cm³/mol. The van der Waals surface area contributed by atoms with Gasteiger partial charge in [0.2, 0.25) is 0 Å². The summed E-state index contributed by atoms with van der Waals surface area (Å²) >= 11 is 0. The molecule has 116 valence electrons. The van der Waals surface area contributed by atoms with Crippen LogP contribution in [0.4, 0.5) is 5.69 Å². The molecule has 0 aromatic carbocycles. The summed E-state index contributed by atoms with van der Waals surface area (Å²) in [4.78, 5) is 18.3. The third-order valence-corrected chi connectivity index (χ3v) is 4.37. The van der Waals surface area contributed by atoms with Crippen LogP contribution in [0, 0.1) is 0 Å². The Bertz CT molecular complexity index is 469. The van der Waals surface area contributed by atoms with Gasteiger partial charge < -0.3 is 15.5 Å². The van der Waals surface area contributed by atoms with Crippen LogP contribution in [0.3, 0.4) is 0 Å². The molecular formula is C16H26N4O. The van der Waals surface area contributed by atoms with Gasteiger partial charge in [0, 0.05) is 37.6 Å². The summed E-state index contributed by atoms with van der Waals surface area (Å²) in [5.41, 5.74) is 1.56. The van der Waals surface area contributed by atoms with E-state index in [1.54, 1.807) is 6.20 Å². The summed E-state index contributed by atoms with van der Waals surface area (Å²) in [5.74, 6) is -0.105. The van der Waals surface area contributed by atoms with Gasteiger partial charge >= 0.3 is 0 Å². The molecule has 1 fully saturated rings. The molecule has 0 aliphatic heterocycles. The van der Waals surface area contributed by atoms with Crippen LogP contribution in [-0.4, -0.2) is 43.6 Å². The third kappa shape index (κ3) is 3.94. The van der Waals surface area contributed by atoms with Crippen molar-refractivity contribution in [2.24, 2.45) is 0 Å². The molecular weight excluding hydrogens is 264 g/mol. The topological polar surface area (TPSA) is 57.3 Å². The zero-order valence-electron chi connectivity index (χ0n) is 13.2. The molecule has 1 aromatic rings. The molecule has 0 radical (unpaired) electrons. The maximum atomic E-state index is 11.9. The first-order valence-corrected chi connectivity index (χ1v) is 7.80. The number of hydrogen-bond acceptors (Lipinski definition) is 4. The summed E-state index contributed by atoms with van der Waals surface area (Å²) in [6.45, 7) is 2.53. The minimum atomic E-state index is -0.105. The number of amides is 1. The van der Waals surface area contributed by atoms with Crippen LogP contribution in [0.1, 0.15) is 43.1 Å². The van der Waals surface area contributed by atoms with Crippen LogP contribution in [0.5, 0.6) is 0 Å². The zero-order chi connectivity index (χ0) is 15.2. The standard InChI is InChI=1S/C16H26N4O/c1-4-18-16(21)15-11-14(9-10-19-15)20(3)13-7-5-12(17-2)6-8-13/h9-13,17H,4-8H2,1-3H3,(H,18,21). The lowest BCUT2D eigenvalue weighted by atomic mass is 9.90. The van der Waals surface area contributed by atoms with Gasteiger partial charge in [-0.15, -0.1) is 0 Å². The fourth-order valence-corrected chi connectivity index (χ4v) is 2.98. The van der Waals surface area contributed by atoms with Crippen molar-refractivity contribution in [1.82, 2.24) is 15.6 Å². The lowest BCUT2D eigenvalue weighted by Gasteiger charge is -2.36. The molecule has 2 N–H and O–H groups in total. The molecule has 0 spiro atoms. The van der Waals surface area contributed by atoms with Crippen molar-refractivity contribution in [3.63, 3.8) is 0 Å². The van der Waals surface area contributed by atoms with E-state index in [1.165, 1.54) is 25.7 Å². The molecule has 21 heavy (non-hydrogen) atoms. The monoisotopic (exact) mass is 290 g/mol. The number of nitrogens with one attached hydrogen (secondary N) is 2. The molecule has 1 heterocycles. The number of carbonyl (C=O) groups excluding carboxylic acids is 1. The van der Waals surface area contributed by atoms with Crippen LogP contribution in [0.25, 0.3) is 0 Å². The van der Waals surface area contributed by atoms with E-state index in [2.05, 4.69) is 27.6 Å². The highest BCUT2D eigenvalue weighted by molar-refractivity contribution is 5.93. The van der Waals surface area contributed by atoms with E-state index in [-0.39, 0.29) is 5.91 Å². The number of nitrogens with zero attached hydrogens (tertiary/aromatic N) is 2. The first-order chi connectivity index (χ1) is 10.2. The molecule has 1 aliphatic carbocycles. The largest absolute Gasteiger partial charge is 0.372 e. The molecule has 1 aliphatic rings. The highest BCUT2D eigenvalue weighted by atomic mass is 16.1. The van der Waals surface area contributed by atoms with Crippen molar-refractivity contribution in [3.05, 3.63) is 24.0 Å². The number of carbonyl (C=O) groups is 1. The second-order valence-electron chi connectivity index (χ2n) is 5.66. The molecule has 1 saturated carbocycles. The Hall–Kier alpha value is -1.62. The summed E-state index contributed by atoms with van der Waals surface area (Å²) in [6.07, 6.45) is 6.50. The summed E-state index contributed by atoms with van der Waals surface area (Å²) in [6, 6.07) is 5.05. The molecule has 5 nitrogen and oxygen atoms in total. The van der Waals surface area contributed by atoms with Gasteiger partial charge in [-0.25, -0.2) is 0 Å². The number of hydrogen-bond donors (Lipinski definition) is 2. The second-order valence-corrected chi connectivity index (χ2v) is 5.66. The summed E-state index contributed by atoms with van der Waals surface area (Å²) in [7, 11) is 4.15. The maximum Gasteiger partial charge on any atom is 0.269 e. The van der Waals surface area contributed by atoms with Gasteiger partial charge in [-0.1, -0.05) is 0 Å². The number of aromatic nitrogens is 1. The Morgan fingerprint density at radius 3 is 2.71 bits per heavy atom. The van der Waals surface area contributed by atoms with Crippen molar-refractivity contribution in [3.8, 4) is 0 Å². The summed E-state index contributed by atoms with van der Waals surface area (Å²) < 4.78 is 0. The first kappa shape index (κ1) is 15.8. The van der Waals surface area contributed by atoms with Crippen LogP contribution < -0.4 is 15.5 Å². The fourth-order valence-electron chi connectivity index (χ4n) is 2.98. The van der Waals surface area contributed by atoms with Crippen molar-refractivity contribution >= 4 is 11.6 Å².